The van der Waals surface area contributed by atoms with E-state index < -0.39 is 0 Å². The van der Waals surface area contributed by atoms with Crippen LogP contribution < -0.4 is 11.1 Å². The average Bonchev–Trinajstić information content (AvgIpc) is 2.97. The monoisotopic (exact) mass is 317 g/mol. The number of nitrogens with one attached hydrogen (secondary N) is 1. The van der Waals surface area contributed by atoms with Crippen molar-refractivity contribution in [2.45, 2.75) is 20.4 Å². The molecular weight excluding hydrogens is 298 g/mol. The highest BCUT2D eigenvalue weighted by Gasteiger charge is 2.07. The van der Waals surface area contributed by atoms with Gasteiger partial charge in [0, 0.05) is 18.4 Å². The molecule has 0 saturated carbocycles. The highest BCUT2D eigenvalue weighted by Crippen LogP contribution is 2.23. The lowest BCUT2D eigenvalue weighted by Gasteiger charge is -2.10. The predicted molar refractivity (Wildman–Crippen MR) is 96.3 cm³/mol. The normalized spacial score (nSPS) is 10.4. The molecule has 5 heteroatoms. The van der Waals surface area contributed by atoms with Gasteiger partial charge in [-0.3, -0.25) is 4.57 Å². The first-order valence-corrected chi connectivity index (χ1v) is 7.73. The van der Waals surface area contributed by atoms with Gasteiger partial charge in [0.05, 0.1) is 11.4 Å². The maximum absolute atomic E-state index is 9.25. The molecule has 3 N–H and O–H groups in total. The van der Waals surface area contributed by atoms with Gasteiger partial charge in [-0.15, -0.1) is 0 Å². The van der Waals surface area contributed by atoms with Crippen LogP contribution in [0.1, 0.15) is 16.8 Å². The zero-order valence-electron chi connectivity index (χ0n) is 13.7. The number of hydrogen-bond acceptors (Lipinski definition) is 4. The molecule has 0 saturated heterocycles. The number of anilines is 2. The summed E-state index contributed by atoms with van der Waals surface area (Å²) in [5, 5.41) is 12.5. The Hall–Kier alpha value is -3.26. The van der Waals surface area contributed by atoms with Crippen molar-refractivity contribution in [3.8, 4) is 17.5 Å². The molecule has 0 radical (unpaired) electrons. The third-order valence-corrected chi connectivity index (χ3v) is 4.09. The van der Waals surface area contributed by atoms with Crippen LogP contribution in [-0.2, 0) is 6.54 Å². The van der Waals surface area contributed by atoms with Gasteiger partial charge in [0.25, 0.3) is 0 Å². The van der Waals surface area contributed by atoms with E-state index >= 15 is 0 Å². The summed E-state index contributed by atoms with van der Waals surface area (Å²) in [5.41, 5.74) is 11.7. The van der Waals surface area contributed by atoms with Gasteiger partial charge in [-0.25, -0.2) is 4.98 Å². The second kappa shape index (κ2) is 6.47. The van der Waals surface area contributed by atoms with Gasteiger partial charge in [0.1, 0.15) is 5.82 Å². The van der Waals surface area contributed by atoms with Crippen molar-refractivity contribution in [3.05, 3.63) is 65.5 Å². The van der Waals surface area contributed by atoms with Crippen LogP contribution >= 0.6 is 0 Å². The SMILES string of the molecule is Cc1ccnc(NCc2ccc(-c3ccc(C)n3C#N)cc2)c1N. The van der Waals surface area contributed by atoms with Crippen LogP contribution in [0.3, 0.4) is 0 Å². The number of nitriles is 1. The molecule has 2 aromatic heterocycles. The Bertz CT molecular complexity index is 900. The zero-order chi connectivity index (χ0) is 17.1. The molecule has 5 nitrogen and oxygen atoms in total. The Balaban J connectivity index is 1.75. The van der Waals surface area contributed by atoms with Crippen LogP contribution in [0.25, 0.3) is 11.3 Å². The molecule has 0 spiro atoms. The second-order valence-corrected chi connectivity index (χ2v) is 5.74. The first kappa shape index (κ1) is 15.6. The van der Waals surface area contributed by atoms with Crippen molar-refractivity contribution in [2.75, 3.05) is 11.1 Å². The molecule has 0 fully saturated rings. The van der Waals surface area contributed by atoms with E-state index in [9.17, 15) is 5.26 Å². The lowest BCUT2D eigenvalue weighted by Crippen LogP contribution is -2.05. The first-order valence-electron chi connectivity index (χ1n) is 7.73. The topological polar surface area (TPSA) is 79.7 Å². The number of rotatable bonds is 4. The number of benzene rings is 1. The molecule has 0 bridgehead atoms. The molecule has 1 aromatic carbocycles. The summed E-state index contributed by atoms with van der Waals surface area (Å²) in [7, 11) is 0. The molecule has 3 aromatic rings. The van der Waals surface area contributed by atoms with Crippen molar-refractivity contribution >= 4 is 11.5 Å². The Morgan fingerprint density at radius 2 is 1.88 bits per heavy atom. The summed E-state index contributed by atoms with van der Waals surface area (Å²) in [6, 6.07) is 13.9. The minimum absolute atomic E-state index is 0.638. The van der Waals surface area contributed by atoms with E-state index in [2.05, 4.69) is 16.5 Å². The van der Waals surface area contributed by atoms with Gasteiger partial charge in [-0.2, -0.15) is 5.26 Å². The number of nitrogens with two attached hydrogens (primary N) is 1. The van der Waals surface area contributed by atoms with Crippen molar-refractivity contribution in [3.63, 3.8) is 0 Å². The summed E-state index contributed by atoms with van der Waals surface area (Å²) in [6.45, 7) is 4.52. The molecule has 0 aliphatic carbocycles. The highest BCUT2D eigenvalue weighted by atomic mass is 15.0. The number of hydrogen-bond donors (Lipinski definition) is 2. The predicted octanol–water partition coefficient (Wildman–Crippen LogP) is 3.69. The van der Waals surface area contributed by atoms with Crippen LogP contribution in [0.15, 0.2) is 48.7 Å². The summed E-state index contributed by atoms with van der Waals surface area (Å²) in [4.78, 5) is 4.27. The van der Waals surface area contributed by atoms with Crippen LogP contribution in [0, 0.1) is 25.3 Å². The smallest absolute Gasteiger partial charge is 0.189 e. The standard InChI is InChI=1S/C19H19N5/c1-13-9-10-22-19(18(13)21)23-11-15-4-6-16(7-5-15)17-8-3-14(2)24(17)12-20/h3-10H,11,21H2,1-2H3,(H,22,23). The maximum atomic E-state index is 9.25. The van der Waals surface area contributed by atoms with Crippen molar-refractivity contribution in [2.24, 2.45) is 0 Å². The number of aromatic nitrogens is 2. The zero-order valence-corrected chi connectivity index (χ0v) is 13.7. The minimum Gasteiger partial charge on any atom is -0.396 e. The van der Waals surface area contributed by atoms with Crippen LogP contribution in [0.4, 0.5) is 11.5 Å². The fraction of sp³-hybridized carbons (Fsp3) is 0.158. The maximum Gasteiger partial charge on any atom is 0.189 e. The number of pyridine rings is 1. The second-order valence-electron chi connectivity index (χ2n) is 5.74. The fourth-order valence-electron chi connectivity index (χ4n) is 2.59. The van der Waals surface area contributed by atoms with Crippen LogP contribution in [-0.4, -0.2) is 9.55 Å². The van der Waals surface area contributed by atoms with E-state index in [1.807, 2.05) is 56.3 Å². The Morgan fingerprint density at radius 3 is 2.58 bits per heavy atom. The third kappa shape index (κ3) is 2.95. The van der Waals surface area contributed by atoms with E-state index in [0.29, 0.717) is 18.1 Å². The third-order valence-electron chi connectivity index (χ3n) is 4.09. The lowest BCUT2D eigenvalue weighted by atomic mass is 10.1. The van der Waals surface area contributed by atoms with E-state index in [-0.39, 0.29) is 0 Å². The van der Waals surface area contributed by atoms with E-state index in [4.69, 9.17) is 5.73 Å². The Labute approximate surface area is 141 Å². The molecule has 120 valence electrons. The summed E-state index contributed by atoms with van der Waals surface area (Å²) in [6.07, 6.45) is 3.94. The number of aryl methyl sites for hydroxylation is 2. The van der Waals surface area contributed by atoms with Gasteiger partial charge in [-0.1, -0.05) is 24.3 Å². The largest absolute Gasteiger partial charge is 0.396 e. The molecule has 0 atom stereocenters. The van der Waals surface area contributed by atoms with Gasteiger partial charge < -0.3 is 11.1 Å². The molecule has 0 aliphatic heterocycles. The summed E-state index contributed by atoms with van der Waals surface area (Å²) >= 11 is 0. The van der Waals surface area contributed by atoms with E-state index in [1.54, 1.807) is 10.8 Å². The highest BCUT2D eigenvalue weighted by molar-refractivity contribution is 5.65. The van der Waals surface area contributed by atoms with Gasteiger partial charge in [-0.05, 0) is 48.7 Å². The lowest BCUT2D eigenvalue weighted by molar-refractivity contribution is 1.04. The molecule has 0 amide bonds. The molecule has 3 rings (SSSR count). The quantitative estimate of drug-likeness (QED) is 0.769. The minimum atomic E-state index is 0.638. The number of nitrogen functional groups attached to an aromatic ring is 1. The Kier molecular flexibility index (Phi) is 4.21. The molecule has 2 heterocycles. The van der Waals surface area contributed by atoms with Crippen molar-refractivity contribution in [1.29, 1.82) is 5.26 Å². The van der Waals surface area contributed by atoms with Gasteiger partial charge >= 0.3 is 0 Å². The first-order chi connectivity index (χ1) is 11.6. The van der Waals surface area contributed by atoms with E-state index in [1.165, 1.54) is 0 Å². The molecule has 0 unspecified atom stereocenters. The van der Waals surface area contributed by atoms with Crippen molar-refractivity contribution < 1.29 is 0 Å². The molecule has 0 aliphatic rings. The number of nitrogens with zero attached hydrogens (tertiary/aromatic N) is 3. The van der Waals surface area contributed by atoms with Gasteiger partial charge in [0.2, 0.25) is 0 Å². The fourth-order valence-corrected chi connectivity index (χ4v) is 2.59. The van der Waals surface area contributed by atoms with Gasteiger partial charge in [0.15, 0.2) is 6.19 Å². The van der Waals surface area contributed by atoms with E-state index in [0.717, 1.165) is 28.1 Å². The van der Waals surface area contributed by atoms with Crippen molar-refractivity contribution in [1.82, 2.24) is 9.55 Å². The molecule has 24 heavy (non-hydrogen) atoms. The summed E-state index contributed by atoms with van der Waals surface area (Å²) < 4.78 is 1.63. The average molecular weight is 317 g/mol. The Morgan fingerprint density at radius 1 is 1.12 bits per heavy atom. The molecular formula is C19H19N5. The summed E-state index contributed by atoms with van der Waals surface area (Å²) in [5.74, 6) is 0.702. The van der Waals surface area contributed by atoms with Crippen LogP contribution in [0.2, 0.25) is 0 Å². The van der Waals surface area contributed by atoms with Crippen LogP contribution in [0.5, 0.6) is 0 Å².